The van der Waals surface area contributed by atoms with Crippen molar-refractivity contribution in [3.63, 3.8) is 0 Å². The number of aromatic nitrogens is 2. The second-order valence-corrected chi connectivity index (χ2v) is 4.64. The van der Waals surface area contributed by atoms with Crippen molar-refractivity contribution < 1.29 is 4.39 Å². The predicted molar refractivity (Wildman–Crippen MR) is 75.3 cm³/mol. The molecule has 2 nitrogen and oxygen atoms in total. The summed E-state index contributed by atoms with van der Waals surface area (Å²) in [5.41, 5.74) is 3.18. The molecular weight excluding hydrogens is 263 g/mol. The molecule has 1 aromatic heterocycles. The van der Waals surface area contributed by atoms with E-state index in [1.54, 1.807) is 13.0 Å². The quantitative estimate of drug-likeness (QED) is 0.640. The molecule has 0 aliphatic rings. The monoisotopic (exact) mass is 274 g/mol. The SMILES string of the molecule is Cc1c(F)cccc1-n1c(CCl)nc2ccccc21. The Morgan fingerprint density at radius 2 is 1.95 bits per heavy atom. The molecule has 0 saturated carbocycles. The van der Waals surface area contributed by atoms with Gasteiger partial charge in [0.05, 0.1) is 22.6 Å². The third-order valence-corrected chi connectivity index (χ3v) is 3.47. The first-order chi connectivity index (χ1) is 9.22. The van der Waals surface area contributed by atoms with Gasteiger partial charge < -0.3 is 0 Å². The molecule has 0 aliphatic carbocycles. The van der Waals surface area contributed by atoms with Crippen LogP contribution in [0, 0.1) is 12.7 Å². The highest BCUT2D eigenvalue weighted by Crippen LogP contribution is 2.25. The molecule has 0 aliphatic heterocycles. The van der Waals surface area contributed by atoms with Crippen molar-refractivity contribution in [2.75, 3.05) is 0 Å². The third kappa shape index (κ3) is 1.90. The fourth-order valence-corrected chi connectivity index (χ4v) is 2.45. The fourth-order valence-electron chi connectivity index (χ4n) is 2.27. The first-order valence-corrected chi connectivity index (χ1v) is 6.53. The zero-order valence-corrected chi connectivity index (χ0v) is 11.2. The highest BCUT2D eigenvalue weighted by atomic mass is 35.5. The Hall–Kier alpha value is -1.87. The van der Waals surface area contributed by atoms with E-state index in [2.05, 4.69) is 4.98 Å². The lowest BCUT2D eigenvalue weighted by Gasteiger charge is -2.11. The van der Waals surface area contributed by atoms with Crippen molar-refractivity contribution in [1.82, 2.24) is 9.55 Å². The van der Waals surface area contributed by atoms with Gasteiger partial charge in [0, 0.05) is 5.56 Å². The Bertz CT molecular complexity index is 749. The number of alkyl halides is 1. The van der Waals surface area contributed by atoms with Gasteiger partial charge in [0.25, 0.3) is 0 Å². The first kappa shape index (κ1) is 12.2. The lowest BCUT2D eigenvalue weighted by Crippen LogP contribution is -2.02. The Morgan fingerprint density at radius 3 is 2.74 bits per heavy atom. The van der Waals surface area contributed by atoms with Gasteiger partial charge >= 0.3 is 0 Å². The van der Waals surface area contributed by atoms with E-state index < -0.39 is 0 Å². The maximum atomic E-state index is 13.7. The highest BCUT2D eigenvalue weighted by molar-refractivity contribution is 6.17. The molecule has 96 valence electrons. The fraction of sp³-hybridized carbons (Fsp3) is 0.133. The number of fused-ring (bicyclic) bond motifs is 1. The van der Waals surface area contributed by atoms with E-state index in [1.165, 1.54) is 6.07 Å². The number of nitrogens with zero attached hydrogens (tertiary/aromatic N) is 2. The predicted octanol–water partition coefficient (Wildman–Crippen LogP) is 4.21. The zero-order valence-electron chi connectivity index (χ0n) is 10.4. The summed E-state index contributed by atoms with van der Waals surface area (Å²) in [4.78, 5) is 4.49. The lowest BCUT2D eigenvalue weighted by molar-refractivity contribution is 0.617. The summed E-state index contributed by atoms with van der Waals surface area (Å²) in [5, 5.41) is 0. The van der Waals surface area contributed by atoms with Gasteiger partial charge in [0.15, 0.2) is 0 Å². The molecule has 0 unspecified atom stereocenters. The maximum absolute atomic E-state index is 13.7. The molecular formula is C15H12ClFN2. The molecule has 0 fully saturated rings. The van der Waals surface area contributed by atoms with Crippen molar-refractivity contribution >= 4 is 22.6 Å². The van der Waals surface area contributed by atoms with E-state index in [0.717, 1.165) is 22.5 Å². The van der Waals surface area contributed by atoms with Gasteiger partial charge in [-0.15, -0.1) is 11.6 Å². The molecule has 0 amide bonds. The van der Waals surface area contributed by atoms with Crippen LogP contribution in [0.2, 0.25) is 0 Å². The average Bonchev–Trinajstić information content (AvgIpc) is 2.80. The van der Waals surface area contributed by atoms with Crippen molar-refractivity contribution in [3.8, 4) is 5.69 Å². The van der Waals surface area contributed by atoms with E-state index >= 15 is 0 Å². The Balaban J connectivity index is 2.38. The molecule has 0 saturated heterocycles. The highest BCUT2D eigenvalue weighted by Gasteiger charge is 2.14. The Kier molecular flexibility index (Phi) is 2.99. The molecule has 2 aromatic carbocycles. The van der Waals surface area contributed by atoms with Crippen LogP contribution in [0.15, 0.2) is 42.5 Å². The number of imidazole rings is 1. The second-order valence-electron chi connectivity index (χ2n) is 4.37. The van der Waals surface area contributed by atoms with E-state index in [4.69, 9.17) is 11.6 Å². The summed E-state index contributed by atoms with van der Waals surface area (Å²) < 4.78 is 15.7. The normalized spacial score (nSPS) is 11.1. The molecule has 0 atom stereocenters. The van der Waals surface area contributed by atoms with Crippen LogP contribution in [0.5, 0.6) is 0 Å². The van der Waals surface area contributed by atoms with Gasteiger partial charge in [-0.2, -0.15) is 0 Å². The molecule has 0 spiro atoms. The number of para-hydroxylation sites is 2. The van der Waals surface area contributed by atoms with Crippen molar-refractivity contribution in [1.29, 1.82) is 0 Å². The van der Waals surface area contributed by atoms with Gasteiger partial charge in [-0.05, 0) is 31.2 Å². The Morgan fingerprint density at radius 1 is 1.16 bits per heavy atom. The summed E-state index contributed by atoms with van der Waals surface area (Å²) in [7, 11) is 0. The largest absolute Gasteiger partial charge is 0.295 e. The number of benzene rings is 2. The smallest absolute Gasteiger partial charge is 0.129 e. The van der Waals surface area contributed by atoms with Crippen LogP contribution < -0.4 is 0 Å². The lowest BCUT2D eigenvalue weighted by atomic mass is 10.2. The number of hydrogen-bond acceptors (Lipinski definition) is 1. The van der Waals surface area contributed by atoms with Gasteiger partial charge in [0.1, 0.15) is 11.6 Å². The van der Waals surface area contributed by atoms with E-state index in [-0.39, 0.29) is 11.7 Å². The molecule has 3 aromatic rings. The van der Waals surface area contributed by atoms with Crippen molar-refractivity contribution in [2.45, 2.75) is 12.8 Å². The van der Waals surface area contributed by atoms with E-state index in [9.17, 15) is 4.39 Å². The molecule has 4 heteroatoms. The molecule has 19 heavy (non-hydrogen) atoms. The molecule has 3 rings (SSSR count). The van der Waals surface area contributed by atoms with Crippen LogP contribution in [-0.2, 0) is 5.88 Å². The topological polar surface area (TPSA) is 17.8 Å². The minimum Gasteiger partial charge on any atom is -0.295 e. The molecule has 1 heterocycles. The molecule has 0 bridgehead atoms. The van der Waals surface area contributed by atoms with Crippen LogP contribution in [0.1, 0.15) is 11.4 Å². The Labute approximate surface area is 115 Å². The summed E-state index contributed by atoms with van der Waals surface area (Å²) >= 11 is 5.97. The average molecular weight is 275 g/mol. The van der Waals surface area contributed by atoms with E-state index in [1.807, 2.05) is 34.9 Å². The zero-order chi connectivity index (χ0) is 13.4. The number of hydrogen-bond donors (Lipinski definition) is 0. The van der Waals surface area contributed by atoms with Crippen LogP contribution >= 0.6 is 11.6 Å². The third-order valence-electron chi connectivity index (χ3n) is 3.23. The van der Waals surface area contributed by atoms with Crippen LogP contribution in [0.25, 0.3) is 16.7 Å². The molecule has 0 N–H and O–H groups in total. The standard InChI is InChI=1S/C15H12ClFN2/c1-10-11(17)5-4-8-13(10)19-14-7-3-2-6-12(14)18-15(19)9-16/h2-8H,9H2,1H3. The van der Waals surface area contributed by atoms with Crippen molar-refractivity contribution in [2.24, 2.45) is 0 Å². The van der Waals surface area contributed by atoms with E-state index in [0.29, 0.717) is 5.56 Å². The van der Waals surface area contributed by atoms with Crippen LogP contribution in [0.3, 0.4) is 0 Å². The summed E-state index contributed by atoms with van der Waals surface area (Å²) in [6.07, 6.45) is 0. The van der Waals surface area contributed by atoms with Gasteiger partial charge in [-0.1, -0.05) is 18.2 Å². The second kappa shape index (κ2) is 4.67. The number of rotatable bonds is 2. The van der Waals surface area contributed by atoms with Gasteiger partial charge in [-0.3, -0.25) is 4.57 Å². The maximum Gasteiger partial charge on any atom is 0.129 e. The first-order valence-electron chi connectivity index (χ1n) is 6.00. The minimum atomic E-state index is -0.226. The van der Waals surface area contributed by atoms with Gasteiger partial charge in [-0.25, -0.2) is 9.37 Å². The molecule has 0 radical (unpaired) electrons. The van der Waals surface area contributed by atoms with Crippen LogP contribution in [0.4, 0.5) is 4.39 Å². The minimum absolute atomic E-state index is 0.226. The number of halogens is 2. The van der Waals surface area contributed by atoms with Crippen molar-refractivity contribution in [3.05, 3.63) is 59.7 Å². The summed E-state index contributed by atoms with van der Waals surface area (Å²) in [6.45, 7) is 1.76. The summed E-state index contributed by atoms with van der Waals surface area (Å²) in [6, 6.07) is 12.8. The van der Waals surface area contributed by atoms with Crippen LogP contribution in [-0.4, -0.2) is 9.55 Å². The van der Waals surface area contributed by atoms with Gasteiger partial charge in [0.2, 0.25) is 0 Å². The summed E-state index contributed by atoms with van der Waals surface area (Å²) in [5.74, 6) is 0.775.